The fourth-order valence-electron chi connectivity index (χ4n) is 3.72. The third kappa shape index (κ3) is 4.15. The van der Waals surface area contributed by atoms with Gasteiger partial charge in [0.05, 0.1) is 23.9 Å². The Morgan fingerprint density at radius 1 is 0.806 bits per heavy atom. The fraction of sp³-hybridized carbons (Fsp3) is 0.185. The SMILES string of the molecule is COc1cccc(-c2cc(C(=O)Oc3ccc(C)c(C)c3)c3cc(C)cc(C)c3n2)c1. The average Bonchev–Trinajstić information content (AvgIpc) is 2.75. The van der Waals surface area contributed by atoms with Gasteiger partial charge in [-0.1, -0.05) is 29.8 Å². The second-order valence-electron chi connectivity index (χ2n) is 7.90. The number of hydrogen-bond acceptors (Lipinski definition) is 4. The minimum absolute atomic E-state index is 0.398. The Morgan fingerprint density at radius 3 is 2.35 bits per heavy atom. The van der Waals surface area contributed by atoms with Gasteiger partial charge in [-0.2, -0.15) is 0 Å². The van der Waals surface area contributed by atoms with Crippen LogP contribution in [0.25, 0.3) is 22.2 Å². The molecule has 4 rings (SSSR count). The van der Waals surface area contributed by atoms with Crippen LogP contribution in [0.1, 0.15) is 32.6 Å². The van der Waals surface area contributed by atoms with E-state index in [9.17, 15) is 4.79 Å². The number of benzene rings is 3. The molecule has 4 aromatic rings. The summed E-state index contributed by atoms with van der Waals surface area (Å²) in [5, 5.41) is 0.790. The lowest BCUT2D eigenvalue weighted by Gasteiger charge is -2.13. The highest BCUT2D eigenvalue weighted by Crippen LogP contribution is 2.30. The molecule has 1 aromatic heterocycles. The molecule has 0 bridgehead atoms. The molecular formula is C27H25NO3. The molecule has 0 amide bonds. The van der Waals surface area contributed by atoms with Gasteiger partial charge in [-0.3, -0.25) is 0 Å². The van der Waals surface area contributed by atoms with Crippen molar-refractivity contribution in [3.05, 3.63) is 88.5 Å². The van der Waals surface area contributed by atoms with E-state index in [2.05, 4.69) is 6.07 Å². The van der Waals surface area contributed by atoms with Crippen molar-refractivity contribution in [3.63, 3.8) is 0 Å². The molecule has 4 heteroatoms. The number of ether oxygens (including phenoxy) is 2. The number of pyridine rings is 1. The summed E-state index contributed by atoms with van der Waals surface area (Å²) in [4.78, 5) is 18.2. The van der Waals surface area contributed by atoms with Gasteiger partial charge in [0.15, 0.2) is 0 Å². The van der Waals surface area contributed by atoms with Gasteiger partial charge >= 0.3 is 5.97 Å². The van der Waals surface area contributed by atoms with Crippen molar-refractivity contribution in [1.29, 1.82) is 0 Å². The molecule has 0 spiro atoms. The first kappa shape index (κ1) is 20.6. The maximum atomic E-state index is 13.3. The second kappa shape index (κ2) is 8.23. The van der Waals surface area contributed by atoms with Crippen molar-refractivity contribution in [1.82, 2.24) is 4.98 Å². The third-order valence-electron chi connectivity index (χ3n) is 5.52. The Labute approximate surface area is 182 Å². The van der Waals surface area contributed by atoms with Gasteiger partial charge in [-0.05, 0) is 80.8 Å². The molecule has 1 heterocycles. The molecular weight excluding hydrogens is 386 g/mol. The Hall–Kier alpha value is -3.66. The van der Waals surface area contributed by atoms with Crippen LogP contribution in [0.15, 0.2) is 60.7 Å². The van der Waals surface area contributed by atoms with Crippen molar-refractivity contribution in [2.75, 3.05) is 7.11 Å². The van der Waals surface area contributed by atoms with E-state index in [1.165, 1.54) is 0 Å². The van der Waals surface area contributed by atoms with Crippen LogP contribution in [-0.4, -0.2) is 18.1 Å². The lowest BCUT2D eigenvalue weighted by molar-refractivity contribution is 0.0736. The van der Waals surface area contributed by atoms with E-state index in [4.69, 9.17) is 14.5 Å². The van der Waals surface area contributed by atoms with Crippen molar-refractivity contribution in [2.45, 2.75) is 27.7 Å². The van der Waals surface area contributed by atoms with Gasteiger partial charge in [-0.25, -0.2) is 9.78 Å². The summed E-state index contributed by atoms with van der Waals surface area (Å²) in [5.41, 5.74) is 7.17. The van der Waals surface area contributed by atoms with E-state index in [0.29, 0.717) is 17.0 Å². The molecule has 0 unspecified atom stereocenters. The summed E-state index contributed by atoms with van der Waals surface area (Å²) in [6.45, 7) is 8.06. The minimum atomic E-state index is -0.398. The van der Waals surface area contributed by atoms with Crippen molar-refractivity contribution < 1.29 is 14.3 Å². The molecule has 0 N–H and O–H groups in total. The topological polar surface area (TPSA) is 48.4 Å². The van der Waals surface area contributed by atoms with Gasteiger partial charge in [-0.15, -0.1) is 0 Å². The zero-order valence-corrected chi connectivity index (χ0v) is 18.4. The second-order valence-corrected chi connectivity index (χ2v) is 7.90. The van der Waals surface area contributed by atoms with Crippen molar-refractivity contribution >= 4 is 16.9 Å². The number of aryl methyl sites for hydroxylation is 4. The van der Waals surface area contributed by atoms with Crippen LogP contribution in [-0.2, 0) is 0 Å². The number of hydrogen-bond donors (Lipinski definition) is 0. The number of carbonyl (C=O) groups excluding carboxylic acids is 1. The van der Waals surface area contributed by atoms with Crippen LogP contribution in [0.4, 0.5) is 0 Å². The lowest BCUT2D eigenvalue weighted by atomic mass is 9.99. The summed E-state index contributed by atoms with van der Waals surface area (Å²) in [7, 11) is 1.63. The highest BCUT2D eigenvalue weighted by Gasteiger charge is 2.18. The molecule has 0 radical (unpaired) electrons. The third-order valence-corrected chi connectivity index (χ3v) is 5.52. The molecule has 0 aliphatic rings. The molecule has 31 heavy (non-hydrogen) atoms. The monoisotopic (exact) mass is 411 g/mol. The fourth-order valence-corrected chi connectivity index (χ4v) is 3.72. The molecule has 0 saturated carbocycles. The summed E-state index contributed by atoms with van der Waals surface area (Å²) in [6, 6.07) is 19.2. The van der Waals surface area contributed by atoms with Gasteiger partial charge in [0.25, 0.3) is 0 Å². The molecule has 0 atom stereocenters. The standard InChI is InChI=1S/C27H25NO3/c1-16-11-19(4)26-23(12-16)24(27(29)31-22-10-9-17(2)18(3)13-22)15-25(28-26)20-7-6-8-21(14-20)30-5/h6-15H,1-5H3. The Morgan fingerprint density at radius 2 is 1.61 bits per heavy atom. The first-order valence-electron chi connectivity index (χ1n) is 10.2. The molecule has 4 nitrogen and oxygen atoms in total. The van der Waals surface area contributed by atoms with Crippen LogP contribution in [0.2, 0.25) is 0 Å². The zero-order valence-electron chi connectivity index (χ0n) is 18.4. The predicted molar refractivity (Wildman–Crippen MR) is 124 cm³/mol. The Balaban J connectivity index is 1.87. The van der Waals surface area contributed by atoms with Gasteiger partial charge < -0.3 is 9.47 Å². The zero-order chi connectivity index (χ0) is 22.1. The maximum Gasteiger partial charge on any atom is 0.344 e. The molecule has 0 aliphatic heterocycles. The van der Waals surface area contributed by atoms with E-state index in [1.54, 1.807) is 13.2 Å². The number of nitrogens with zero attached hydrogens (tertiary/aromatic N) is 1. The number of fused-ring (bicyclic) bond motifs is 1. The van der Waals surface area contributed by atoms with E-state index in [1.807, 2.05) is 76.2 Å². The Kier molecular flexibility index (Phi) is 5.47. The van der Waals surface area contributed by atoms with Gasteiger partial charge in [0, 0.05) is 10.9 Å². The first-order valence-corrected chi connectivity index (χ1v) is 10.2. The van der Waals surface area contributed by atoms with Crippen LogP contribution in [0, 0.1) is 27.7 Å². The molecule has 0 aliphatic carbocycles. The largest absolute Gasteiger partial charge is 0.497 e. The molecule has 156 valence electrons. The average molecular weight is 412 g/mol. The molecule has 0 saturated heterocycles. The van der Waals surface area contributed by atoms with Crippen LogP contribution < -0.4 is 9.47 Å². The first-order chi connectivity index (χ1) is 14.9. The summed E-state index contributed by atoms with van der Waals surface area (Å²) in [6.07, 6.45) is 0. The quantitative estimate of drug-likeness (QED) is 0.289. The predicted octanol–water partition coefficient (Wildman–Crippen LogP) is 6.36. The number of esters is 1. The van der Waals surface area contributed by atoms with Crippen LogP contribution in [0.5, 0.6) is 11.5 Å². The van der Waals surface area contributed by atoms with E-state index in [0.717, 1.165) is 44.5 Å². The number of methoxy groups -OCH3 is 1. The van der Waals surface area contributed by atoms with Crippen molar-refractivity contribution in [3.8, 4) is 22.8 Å². The molecule has 3 aromatic carbocycles. The number of rotatable bonds is 4. The van der Waals surface area contributed by atoms with Crippen LogP contribution >= 0.6 is 0 Å². The Bertz CT molecular complexity index is 1310. The van der Waals surface area contributed by atoms with E-state index < -0.39 is 5.97 Å². The lowest BCUT2D eigenvalue weighted by Crippen LogP contribution is -2.11. The number of aromatic nitrogens is 1. The maximum absolute atomic E-state index is 13.3. The smallest absolute Gasteiger partial charge is 0.344 e. The van der Waals surface area contributed by atoms with Crippen molar-refractivity contribution in [2.24, 2.45) is 0 Å². The van der Waals surface area contributed by atoms with Gasteiger partial charge in [0.1, 0.15) is 11.5 Å². The van der Waals surface area contributed by atoms with Crippen LogP contribution in [0.3, 0.4) is 0 Å². The summed E-state index contributed by atoms with van der Waals surface area (Å²) < 4.78 is 11.1. The summed E-state index contributed by atoms with van der Waals surface area (Å²) in [5.74, 6) is 0.870. The summed E-state index contributed by atoms with van der Waals surface area (Å²) >= 11 is 0. The highest BCUT2D eigenvalue weighted by atomic mass is 16.5. The molecule has 0 fully saturated rings. The van der Waals surface area contributed by atoms with E-state index >= 15 is 0 Å². The van der Waals surface area contributed by atoms with E-state index in [-0.39, 0.29) is 0 Å². The van der Waals surface area contributed by atoms with Gasteiger partial charge in [0.2, 0.25) is 0 Å². The highest BCUT2D eigenvalue weighted by molar-refractivity contribution is 6.06. The normalized spacial score (nSPS) is 10.9. The number of carbonyl (C=O) groups is 1. The minimum Gasteiger partial charge on any atom is -0.497 e.